The van der Waals surface area contributed by atoms with Crippen molar-refractivity contribution in [3.05, 3.63) is 45.7 Å². The van der Waals surface area contributed by atoms with Crippen LogP contribution >= 0.6 is 27.5 Å². The molecule has 2 aromatic heterocycles. The van der Waals surface area contributed by atoms with E-state index in [1.807, 2.05) is 18.2 Å². The van der Waals surface area contributed by atoms with Gasteiger partial charge in [-0.25, -0.2) is 0 Å². The van der Waals surface area contributed by atoms with Crippen molar-refractivity contribution >= 4 is 27.5 Å². The Bertz CT molecular complexity index is 410. The summed E-state index contributed by atoms with van der Waals surface area (Å²) < 4.78 is 11.3. The number of halogens is 2. The predicted octanol–water partition coefficient (Wildman–Crippen LogP) is 3.62. The number of rotatable bonds is 5. The highest BCUT2D eigenvalue weighted by Crippen LogP contribution is 2.14. The van der Waals surface area contributed by atoms with E-state index in [1.165, 1.54) is 0 Å². The van der Waals surface area contributed by atoms with Crippen LogP contribution in [0.3, 0.4) is 0 Å². The first-order valence-electron chi connectivity index (χ1n) is 4.93. The molecular formula is C11H11BrClNO2. The van der Waals surface area contributed by atoms with Crippen LogP contribution in [0.15, 0.2) is 37.8 Å². The molecule has 0 spiro atoms. The predicted molar refractivity (Wildman–Crippen MR) is 65.5 cm³/mol. The summed E-state index contributed by atoms with van der Waals surface area (Å²) in [6.07, 6.45) is 0.847. The van der Waals surface area contributed by atoms with Gasteiger partial charge in [0.2, 0.25) is 0 Å². The van der Waals surface area contributed by atoms with Crippen LogP contribution in [-0.4, -0.2) is 6.54 Å². The van der Waals surface area contributed by atoms with E-state index < -0.39 is 0 Å². The second kappa shape index (κ2) is 5.57. The first-order valence-corrected chi connectivity index (χ1v) is 6.10. The van der Waals surface area contributed by atoms with Crippen LogP contribution in [0.25, 0.3) is 0 Å². The van der Waals surface area contributed by atoms with Crippen LogP contribution in [0.4, 0.5) is 0 Å². The van der Waals surface area contributed by atoms with Crippen LogP contribution in [-0.2, 0) is 13.0 Å². The van der Waals surface area contributed by atoms with Gasteiger partial charge in [-0.1, -0.05) is 0 Å². The number of furan rings is 2. The zero-order chi connectivity index (χ0) is 11.4. The van der Waals surface area contributed by atoms with E-state index in [0.29, 0.717) is 11.8 Å². The van der Waals surface area contributed by atoms with E-state index in [2.05, 4.69) is 21.2 Å². The highest BCUT2D eigenvalue weighted by atomic mass is 79.9. The molecule has 0 saturated carbocycles. The van der Waals surface area contributed by atoms with Gasteiger partial charge in [-0.3, -0.25) is 0 Å². The van der Waals surface area contributed by atoms with Crippen molar-refractivity contribution in [1.82, 2.24) is 5.32 Å². The van der Waals surface area contributed by atoms with Crippen LogP contribution in [0.5, 0.6) is 0 Å². The molecule has 0 amide bonds. The highest BCUT2D eigenvalue weighted by Gasteiger charge is 2.01. The zero-order valence-electron chi connectivity index (χ0n) is 8.50. The van der Waals surface area contributed by atoms with Crippen LogP contribution in [0.2, 0.25) is 5.22 Å². The fourth-order valence-electron chi connectivity index (χ4n) is 1.36. The van der Waals surface area contributed by atoms with Gasteiger partial charge in [0.25, 0.3) is 0 Å². The molecule has 0 radical (unpaired) electrons. The Hall–Kier alpha value is -0.710. The molecule has 2 aromatic rings. The average molecular weight is 305 g/mol. The minimum atomic E-state index is 0.423. The molecule has 0 bridgehead atoms. The van der Waals surface area contributed by atoms with Gasteiger partial charge in [-0.2, -0.15) is 0 Å². The van der Waals surface area contributed by atoms with Crippen molar-refractivity contribution in [3.63, 3.8) is 0 Å². The zero-order valence-corrected chi connectivity index (χ0v) is 10.8. The molecule has 3 nitrogen and oxygen atoms in total. The summed E-state index contributed by atoms with van der Waals surface area (Å²) >= 11 is 8.92. The van der Waals surface area contributed by atoms with Gasteiger partial charge < -0.3 is 14.2 Å². The van der Waals surface area contributed by atoms with Crippen LogP contribution in [0, 0.1) is 0 Å². The summed E-state index contributed by atoms with van der Waals surface area (Å²) in [5.74, 6) is 1.79. The van der Waals surface area contributed by atoms with E-state index in [0.717, 1.165) is 29.2 Å². The molecule has 0 aliphatic carbocycles. The van der Waals surface area contributed by atoms with Gasteiger partial charge in [0.1, 0.15) is 11.5 Å². The maximum Gasteiger partial charge on any atom is 0.193 e. The molecule has 1 N–H and O–H groups in total. The van der Waals surface area contributed by atoms with Crippen molar-refractivity contribution in [2.24, 2.45) is 0 Å². The molecule has 2 heterocycles. The van der Waals surface area contributed by atoms with Crippen LogP contribution < -0.4 is 5.32 Å². The summed E-state index contributed by atoms with van der Waals surface area (Å²) in [6, 6.07) is 7.44. The fraction of sp³-hybridized carbons (Fsp3) is 0.273. The van der Waals surface area contributed by atoms with Gasteiger partial charge in [0.15, 0.2) is 9.89 Å². The first kappa shape index (κ1) is 11.8. The minimum Gasteiger partial charge on any atom is -0.454 e. The molecule has 0 unspecified atom stereocenters. The maximum absolute atomic E-state index is 5.66. The lowest BCUT2D eigenvalue weighted by Gasteiger charge is -2.00. The molecule has 86 valence electrons. The Morgan fingerprint density at radius 3 is 2.56 bits per heavy atom. The Balaban J connectivity index is 1.69. The van der Waals surface area contributed by atoms with Crippen molar-refractivity contribution in [2.75, 3.05) is 6.54 Å². The van der Waals surface area contributed by atoms with E-state index in [4.69, 9.17) is 20.4 Å². The SMILES string of the molecule is Clc1ccc(CNCCc2ccc(Br)o2)o1. The van der Waals surface area contributed by atoms with E-state index >= 15 is 0 Å². The van der Waals surface area contributed by atoms with E-state index in [9.17, 15) is 0 Å². The summed E-state index contributed by atoms with van der Waals surface area (Å²) in [6.45, 7) is 1.51. The van der Waals surface area contributed by atoms with Gasteiger partial charge >= 0.3 is 0 Å². The minimum absolute atomic E-state index is 0.423. The second-order valence-corrected chi connectivity index (χ2v) is 4.49. The fourth-order valence-corrected chi connectivity index (χ4v) is 1.86. The Morgan fingerprint density at radius 2 is 1.94 bits per heavy atom. The molecule has 2 rings (SSSR count). The number of nitrogens with one attached hydrogen (secondary N) is 1. The molecule has 0 atom stereocenters. The molecule has 16 heavy (non-hydrogen) atoms. The van der Waals surface area contributed by atoms with Crippen molar-refractivity contribution < 1.29 is 8.83 Å². The number of hydrogen-bond acceptors (Lipinski definition) is 3. The third kappa shape index (κ3) is 3.40. The maximum atomic E-state index is 5.66. The van der Waals surface area contributed by atoms with Gasteiger partial charge in [-0.15, -0.1) is 0 Å². The Labute approximate surface area is 107 Å². The topological polar surface area (TPSA) is 38.3 Å². The lowest BCUT2D eigenvalue weighted by molar-refractivity contribution is 0.461. The standard InChI is InChI=1S/C11H11BrClNO2/c12-10-3-1-8(15-10)5-6-14-7-9-2-4-11(13)16-9/h1-4,14H,5-7H2. The monoisotopic (exact) mass is 303 g/mol. The molecular weight excluding hydrogens is 293 g/mol. The second-order valence-electron chi connectivity index (χ2n) is 3.34. The third-order valence-corrected chi connectivity index (χ3v) is 2.73. The summed E-state index contributed by atoms with van der Waals surface area (Å²) in [4.78, 5) is 0. The van der Waals surface area contributed by atoms with Gasteiger partial charge in [0.05, 0.1) is 6.54 Å². The van der Waals surface area contributed by atoms with Crippen LogP contribution in [0.1, 0.15) is 11.5 Å². The lowest BCUT2D eigenvalue weighted by atomic mass is 10.3. The molecule has 5 heteroatoms. The largest absolute Gasteiger partial charge is 0.454 e. The average Bonchev–Trinajstić information content (AvgIpc) is 2.83. The molecule has 0 aliphatic heterocycles. The summed E-state index contributed by atoms with van der Waals surface area (Å²) in [5.41, 5.74) is 0. The summed E-state index contributed by atoms with van der Waals surface area (Å²) in [5, 5.41) is 3.67. The van der Waals surface area contributed by atoms with E-state index in [-0.39, 0.29) is 0 Å². The molecule has 0 fully saturated rings. The van der Waals surface area contributed by atoms with E-state index in [1.54, 1.807) is 6.07 Å². The van der Waals surface area contributed by atoms with Gasteiger partial charge in [0, 0.05) is 13.0 Å². The molecule has 0 aromatic carbocycles. The van der Waals surface area contributed by atoms with Crippen molar-refractivity contribution in [1.29, 1.82) is 0 Å². The Kier molecular flexibility index (Phi) is 4.09. The number of hydrogen-bond donors (Lipinski definition) is 1. The lowest BCUT2D eigenvalue weighted by Crippen LogP contribution is -2.15. The van der Waals surface area contributed by atoms with Crippen molar-refractivity contribution in [2.45, 2.75) is 13.0 Å². The molecule has 0 aliphatic rings. The smallest absolute Gasteiger partial charge is 0.193 e. The molecule has 0 saturated heterocycles. The quantitative estimate of drug-likeness (QED) is 0.857. The van der Waals surface area contributed by atoms with Crippen molar-refractivity contribution in [3.8, 4) is 0 Å². The summed E-state index contributed by atoms with van der Waals surface area (Å²) in [7, 11) is 0. The normalized spacial score (nSPS) is 10.9. The highest BCUT2D eigenvalue weighted by molar-refractivity contribution is 9.10. The first-order chi connectivity index (χ1) is 7.74. The van der Waals surface area contributed by atoms with Gasteiger partial charge in [-0.05, 0) is 51.8 Å². The third-order valence-electron chi connectivity index (χ3n) is 2.11. The Morgan fingerprint density at radius 1 is 1.12 bits per heavy atom.